The van der Waals surface area contributed by atoms with Gasteiger partial charge in [0.2, 0.25) is 5.91 Å². The van der Waals surface area contributed by atoms with Gasteiger partial charge in [-0.2, -0.15) is 0 Å². The zero-order valence-electron chi connectivity index (χ0n) is 15.3. The summed E-state index contributed by atoms with van der Waals surface area (Å²) >= 11 is 0. The van der Waals surface area contributed by atoms with Crippen molar-refractivity contribution >= 4 is 5.91 Å². The molecular weight excluding hydrogens is 316 g/mol. The van der Waals surface area contributed by atoms with Crippen LogP contribution in [0.1, 0.15) is 37.3 Å². The molecule has 1 saturated carbocycles. The summed E-state index contributed by atoms with van der Waals surface area (Å²) in [5.74, 6) is 0.0621. The number of nitrogens with one attached hydrogen (secondary N) is 1. The smallest absolute Gasteiger partial charge is 0.234 e. The summed E-state index contributed by atoms with van der Waals surface area (Å²) < 4.78 is 5.80. The number of piperidine rings is 1. The van der Waals surface area contributed by atoms with Gasteiger partial charge in [-0.15, -0.1) is 0 Å². The molecule has 2 N–H and O–H groups in total. The molecular formula is C20H30N2O3. The molecule has 138 valence electrons. The lowest BCUT2D eigenvalue weighted by Crippen LogP contribution is -2.62. The number of aliphatic hydroxyl groups excluding tert-OH is 1. The van der Waals surface area contributed by atoms with Crippen LogP contribution >= 0.6 is 0 Å². The molecule has 1 saturated heterocycles. The Kier molecular flexibility index (Phi) is 5.77. The van der Waals surface area contributed by atoms with Gasteiger partial charge in [-0.05, 0) is 45.3 Å². The normalized spacial score (nSPS) is 25.6. The van der Waals surface area contributed by atoms with E-state index in [1.807, 2.05) is 19.1 Å². The Bertz CT molecular complexity index is 577. The molecule has 0 aromatic heterocycles. The number of nitrogens with zero attached hydrogens (tertiary/aromatic N) is 1. The molecule has 0 radical (unpaired) electrons. The van der Waals surface area contributed by atoms with E-state index in [-0.39, 0.29) is 23.5 Å². The van der Waals surface area contributed by atoms with Gasteiger partial charge in [-0.25, -0.2) is 0 Å². The molecule has 25 heavy (non-hydrogen) atoms. The van der Waals surface area contributed by atoms with Crippen LogP contribution in [0.25, 0.3) is 0 Å². The van der Waals surface area contributed by atoms with E-state index in [2.05, 4.69) is 29.3 Å². The Morgan fingerprint density at radius 3 is 2.60 bits per heavy atom. The number of benzene rings is 1. The second-order valence-corrected chi connectivity index (χ2v) is 7.47. The van der Waals surface area contributed by atoms with E-state index in [0.717, 1.165) is 37.9 Å². The largest absolute Gasteiger partial charge is 0.392 e. The van der Waals surface area contributed by atoms with E-state index < -0.39 is 0 Å². The monoisotopic (exact) mass is 346 g/mol. The van der Waals surface area contributed by atoms with Crippen molar-refractivity contribution < 1.29 is 14.6 Å². The van der Waals surface area contributed by atoms with Crippen LogP contribution in [-0.4, -0.2) is 54.4 Å². The average Bonchev–Trinajstić information content (AvgIpc) is 2.62. The molecule has 2 atom stereocenters. The molecule has 5 nitrogen and oxygen atoms in total. The first kappa shape index (κ1) is 18.4. The van der Waals surface area contributed by atoms with Crippen molar-refractivity contribution in [3.8, 4) is 0 Å². The highest BCUT2D eigenvalue weighted by Gasteiger charge is 2.55. The van der Waals surface area contributed by atoms with Crippen molar-refractivity contribution in [2.45, 2.75) is 51.9 Å². The second kappa shape index (κ2) is 7.85. The van der Waals surface area contributed by atoms with Crippen molar-refractivity contribution in [2.24, 2.45) is 5.41 Å². The van der Waals surface area contributed by atoms with Gasteiger partial charge in [0.05, 0.1) is 18.8 Å². The highest BCUT2D eigenvalue weighted by Crippen LogP contribution is 2.50. The summed E-state index contributed by atoms with van der Waals surface area (Å²) in [6.07, 6.45) is 2.51. The third kappa shape index (κ3) is 4.05. The first-order valence-corrected chi connectivity index (χ1v) is 9.38. The van der Waals surface area contributed by atoms with Crippen LogP contribution in [-0.2, 0) is 16.1 Å². The first-order valence-electron chi connectivity index (χ1n) is 9.38. The van der Waals surface area contributed by atoms with Crippen molar-refractivity contribution in [1.82, 2.24) is 10.2 Å². The van der Waals surface area contributed by atoms with Crippen LogP contribution in [0.2, 0.25) is 0 Å². The van der Waals surface area contributed by atoms with E-state index in [4.69, 9.17) is 4.74 Å². The van der Waals surface area contributed by atoms with Crippen LogP contribution in [0.5, 0.6) is 0 Å². The minimum atomic E-state index is -0.249. The summed E-state index contributed by atoms with van der Waals surface area (Å²) in [6, 6.07) is 8.22. The van der Waals surface area contributed by atoms with E-state index >= 15 is 0 Å². The highest BCUT2D eigenvalue weighted by molar-refractivity contribution is 5.78. The minimum Gasteiger partial charge on any atom is -0.392 e. The van der Waals surface area contributed by atoms with Gasteiger partial charge in [0, 0.05) is 25.0 Å². The van der Waals surface area contributed by atoms with Crippen molar-refractivity contribution in [3.05, 3.63) is 35.4 Å². The molecule has 1 amide bonds. The molecule has 1 aliphatic heterocycles. The lowest BCUT2D eigenvalue weighted by Gasteiger charge is -2.56. The Hall–Kier alpha value is -1.43. The summed E-state index contributed by atoms with van der Waals surface area (Å²) in [5, 5.41) is 13.2. The number of hydrogen-bond acceptors (Lipinski definition) is 4. The summed E-state index contributed by atoms with van der Waals surface area (Å²) in [7, 11) is 0. The molecule has 1 spiro atoms. The zero-order valence-corrected chi connectivity index (χ0v) is 15.3. The third-order valence-corrected chi connectivity index (χ3v) is 5.87. The lowest BCUT2D eigenvalue weighted by atomic mass is 9.58. The van der Waals surface area contributed by atoms with Crippen molar-refractivity contribution in [2.75, 3.05) is 26.2 Å². The number of carbonyl (C=O) groups excluding carboxylic acids is 1. The summed E-state index contributed by atoms with van der Waals surface area (Å²) in [4.78, 5) is 14.4. The molecule has 0 bridgehead atoms. The molecule has 2 unspecified atom stereocenters. The highest BCUT2D eigenvalue weighted by atomic mass is 16.5. The lowest BCUT2D eigenvalue weighted by molar-refractivity contribution is -0.209. The summed E-state index contributed by atoms with van der Waals surface area (Å²) in [5.41, 5.74) is 2.26. The van der Waals surface area contributed by atoms with Crippen LogP contribution in [0.3, 0.4) is 0 Å². The maximum Gasteiger partial charge on any atom is 0.234 e. The number of aryl methyl sites for hydroxylation is 1. The summed E-state index contributed by atoms with van der Waals surface area (Å²) in [6.45, 7) is 7.45. The molecule has 2 aliphatic rings. The quantitative estimate of drug-likeness (QED) is 0.825. The van der Waals surface area contributed by atoms with Crippen LogP contribution in [0, 0.1) is 12.3 Å². The zero-order chi connectivity index (χ0) is 17.9. The Labute approximate surface area is 150 Å². The van der Waals surface area contributed by atoms with Crippen LogP contribution in [0.15, 0.2) is 24.3 Å². The number of aliphatic hydroxyl groups is 1. The molecule has 1 aromatic rings. The fourth-order valence-corrected chi connectivity index (χ4v) is 4.11. The third-order valence-electron chi connectivity index (χ3n) is 5.87. The second-order valence-electron chi connectivity index (χ2n) is 7.47. The van der Waals surface area contributed by atoms with Gasteiger partial charge in [-0.3, -0.25) is 9.69 Å². The minimum absolute atomic E-state index is 0.0621. The van der Waals surface area contributed by atoms with Crippen molar-refractivity contribution in [3.63, 3.8) is 0 Å². The van der Waals surface area contributed by atoms with Gasteiger partial charge in [0.15, 0.2) is 0 Å². The van der Waals surface area contributed by atoms with E-state index in [1.54, 1.807) is 0 Å². The first-order chi connectivity index (χ1) is 12.0. The predicted molar refractivity (Wildman–Crippen MR) is 97.2 cm³/mol. The Balaban J connectivity index is 1.42. The molecule has 1 aliphatic carbocycles. The van der Waals surface area contributed by atoms with Crippen LogP contribution < -0.4 is 5.32 Å². The van der Waals surface area contributed by atoms with E-state index in [1.165, 1.54) is 5.56 Å². The number of hydrogen-bond donors (Lipinski definition) is 2. The molecule has 5 heteroatoms. The van der Waals surface area contributed by atoms with E-state index in [0.29, 0.717) is 19.7 Å². The number of carbonyl (C=O) groups is 1. The SMILES string of the molecule is CCOC1CC(O)C12CCN(CC(=O)NCc1ccc(C)cc1)CC2. The average molecular weight is 346 g/mol. The molecule has 1 heterocycles. The number of likely N-dealkylation sites (tertiary alicyclic amines) is 1. The maximum atomic E-state index is 12.2. The fourth-order valence-electron chi connectivity index (χ4n) is 4.11. The number of amides is 1. The number of ether oxygens (including phenoxy) is 1. The van der Waals surface area contributed by atoms with Gasteiger partial charge in [0.1, 0.15) is 0 Å². The number of rotatable bonds is 6. The fraction of sp³-hybridized carbons (Fsp3) is 0.650. The van der Waals surface area contributed by atoms with Gasteiger partial charge >= 0.3 is 0 Å². The van der Waals surface area contributed by atoms with E-state index in [9.17, 15) is 9.90 Å². The molecule has 2 fully saturated rings. The van der Waals surface area contributed by atoms with Crippen LogP contribution in [0.4, 0.5) is 0 Å². The van der Waals surface area contributed by atoms with Gasteiger partial charge in [0.25, 0.3) is 0 Å². The van der Waals surface area contributed by atoms with Gasteiger partial charge < -0.3 is 15.2 Å². The topological polar surface area (TPSA) is 61.8 Å². The Morgan fingerprint density at radius 1 is 1.32 bits per heavy atom. The molecule has 1 aromatic carbocycles. The predicted octanol–water partition coefficient (Wildman–Crippen LogP) is 1.86. The maximum absolute atomic E-state index is 12.2. The van der Waals surface area contributed by atoms with Gasteiger partial charge in [-0.1, -0.05) is 29.8 Å². The van der Waals surface area contributed by atoms with Crippen molar-refractivity contribution in [1.29, 1.82) is 0 Å². The Morgan fingerprint density at radius 2 is 2.00 bits per heavy atom. The molecule has 3 rings (SSSR count). The standard InChI is InChI=1S/C20H30N2O3/c1-3-25-18-12-17(23)20(18)8-10-22(11-9-20)14-19(24)21-13-16-6-4-15(2)5-7-16/h4-7,17-18,23H,3,8-14H2,1-2H3,(H,21,24).